The van der Waals surface area contributed by atoms with E-state index >= 15 is 0 Å². The van der Waals surface area contributed by atoms with Gasteiger partial charge in [0.2, 0.25) is 5.91 Å². The second kappa shape index (κ2) is 10.1. The predicted octanol–water partition coefficient (Wildman–Crippen LogP) is 3.17. The van der Waals surface area contributed by atoms with Crippen LogP contribution < -0.4 is 10.2 Å². The van der Waals surface area contributed by atoms with E-state index in [1.165, 1.54) is 4.90 Å². The van der Waals surface area contributed by atoms with Gasteiger partial charge in [0.25, 0.3) is 0 Å². The number of ether oxygens (including phenoxy) is 2. The van der Waals surface area contributed by atoms with Gasteiger partial charge in [0.05, 0.1) is 48.4 Å². The lowest BCUT2D eigenvalue weighted by Crippen LogP contribution is -2.54. The van der Waals surface area contributed by atoms with Gasteiger partial charge in [0, 0.05) is 38.9 Å². The summed E-state index contributed by atoms with van der Waals surface area (Å²) in [5.74, 6) is -0.463. The maximum absolute atomic E-state index is 13.8. The number of rotatable bonds is 6. The molecule has 1 amide bonds. The largest absolute Gasteiger partial charge is 0.418 e. The molecule has 1 aromatic rings. The third-order valence-electron chi connectivity index (χ3n) is 8.42. The van der Waals surface area contributed by atoms with Crippen molar-refractivity contribution in [2.75, 3.05) is 38.3 Å². The Kier molecular flexibility index (Phi) is 7.27. The molecule has 3 aliphatic heterocycles. The molecule has 4 fully saturated rings. The molecule has 1 aliphatic carbocycles. The summed E-state index contributed by atoms with van der Waals surface area (Å²) in [5.41, 5.74) is -2.50. The van der Waals surface area contributed by atoms with E-state index in [0.717, 1.165) is 6.07 Å². The number of anilines is 1. The number of hydrogen-bond acceptors (Lipinski definition) is 7. The molecular weight excluding hydrogens is 520 g/mol. The number of piperazine rings is 1. The van der Waals surface area contributed by atoms with Crippen LogP contribution in [0.4, 0.5) is 32.2 Å². The number of carbonyl (C=O) groups is 1. The Morgan fingerprint density at radius 2 is 2.00 bits per heavy atom. The number of hydrogen-bond donors (Lipinski definition) is 1. The average molecular weight is 552 g/mol. The normalized spacial score (nSPS) is 33.8. The lowest BCUT2D eigenvalue weighted by Gasteiger charge is -2.40. The van der Waals surface area contributed by atoms with Crippen molar-refractivity contribution in [3.05, 3.63) is 17.8 Å². The van der Waals surface area contributed by atoms with Crippen molar-refractivity contribution in [3.8, 4) is 0 Å². The minimum Gasteiger partial charge on any atom is -0.379 e. The number of halogens is 6. The van der Waals surface area contributed by atoms with Crippen molar-refractivity contribution in [3.63, 3.8) is 0 Å². The summed E-state index contributed by atoms with van der Waals surface area (Å²) in [5, 5.41) is 10.7. The van der Waals surface area contributed by atoms with E-state index in [9.17, 15) is 31.1 Å². The molecule has 2 bridgehead atoms. The summed E-state index contributed by atoms with van der Waals surface area (Å²) < 4.78 is 91.6. The maximum Gasteiger partial charge on any atom is 0.418 e. The zero-order valence-electron chi connectivity index (χ0n) is 20.9. The number of nitrogens with one attached hydrogen (secondary N) is 1. The minimum absolute atomic E-state index is 0.0544. The number of methoxy groups -OCH3 is 1. The average Bonchev–Trinajstić information content (AvgIpc) is 3.58. The maximum atomic E-state index is 13.8. The van der Waals surface area contributed by atoms with Crippen LogP contribution in [0.1, 0.15) is 44.1 Å². The highest BCUT2D eigenvalue weighted by Gasteiger charge is 2.57. The minimum atomic E-state index is -4.57. The molecule has 14 heteroatoms. The van der Waals surface area contributed by atoms with E-state index in [0.29, 0.717) is 38.7 Å². The molecular formula is C24H31F6N5O3. The molecule has 1 saturated carbocycles. The van der Waals surface area contributed by atoms with Gasteiger partial charge in [-0.25, -0.2) is 0 Å². The molecule has 3 saturated heterocycles. The highest BCUT2D eigenvalue weighted by Crippen LogP contribution is 2.49. The summed E-state index contributed by atoms with van der Waals surface area (Å²) in [6.07, 6.45) is -8.11. The van der Waals surface area contributed by atoms with Crippen LogP contribution >= 0.6 is 0 Å². The smallest absolute Gasteiger partial charge is 0.379 e. The molecule has 0 spiro atoms. The third kappa shape index (κ3) is 5.44. The van der Waals surface area contributed by atoms with Gasteiger partial charge in [-0.15, -0.1) is 5.10 Å². The first-order chi connectivity index (χ1) is 17.9. The van der Waals surface area contributed by atoms with E-state index in [4.69, 9.17) is 9.47 Å². The van der Waals surface area contributed by atoms with Crippen molar-refractivity contribution >= 4 is 11.7 Å². The molecule has 38 heavy (non-hydrogen) atoms. The van der Waals surface area contributed by atoms with Crippen molar-refractivity contribution in [1.82, 2.24) is 20.4 Å². The molecule has 6 atom stereocenters. The SMILES string of the molecule is CO[C@@H]1COCC[C@@H]1N[C@@H]1CC[C@](CC(F)(F)F)(C(=O)N2C[C@@H]3C[C@H]2CN3c2cc(C(F)(F)F)cnn2)C1. The van der Waals surface area contributed by atoms with Crippen LogP contribution in [-0.4, -0.2) is 90.9 Å². The zero-order chi connectivity index (χ0) is 27.3. The number of aromatic nitrogens is 2. The summed E-state index contributed by atoms with van der Waals surface area (Å²) >= 11 is 0. The molecule has 5 rings (SSSR count). The Morgan fingerprint density at radius 3 is 2.66 bits per heavy atom. The monoisotopic (exact) mass is 551 g/mol. The lowest BCUT2D eigenvalue weighted by atomic mass is 9.80. The standard InChI is InChI=1S/C24H31F6N5O3/c1-37-19-12-38-5-3-18(19)32-15-2-4-22(8-15,13-23(25,26)27)21(36)35-11-16-7-17(35)10-34(16)20-6-14(9-31-33-20)24(28,29)30/h6,9,15-19,32H,2-5,7-8,10-13H2,1H3/t15-,16+,17+,18+,19-,22+/m1/s1. The van der Waals surface area contributed by atoms with Gasteiger partial charge in [0.15, 0.2) is 5.82 Å². The van der Waals surface area contributed by atoms with Gasteiger partial charge in [-0.3, -0.25) is 4.79 Å². The van der Waals surface area contributed by atoms with E-state index in [1.807, 2.05) is 0 Å². The molecule has 4 heterocycles. The number of fused-ring (bicyclic) bond motifs is 2. The predicted molar refractivity (Wildman–Crippen MR) is 122 cm³/mol. The van der Waals surface area contributed by atoms with Crippen molar-refractivity contribution in [2.45, 2.75) is 81.1 Å². The van der Waals surface area contributed by atoms with Gasteiger partial charge in [-0.2, -0.15) is 31.4 Å². The van der Waals surface area contributed by atoms with E-state index < -0.39 is 41.7 Å². The molecule has 212 valence electrons. The Hall–Kier alpha value is -2.19. The van der Waals surface area contributed by atoms with Crippen molar-refractivity contribution in [2.24, 2.45) is 5.41 Å². The molecule has 4 aliphatic rings. The highest BCUT2D eigenvalue weighted by atomic mass is 19.4. The number of carbonyl (C=O) groups excluding carboxylic acids is 1. The quantitative estimate of drug-likeness (QED) is 0.545. The van der Waals surface area contributed by atoms with Crippen LogP contribution in [0.5, 0.6) is 0 Å². The second-order valence-electron chi connectivity index (χ2n) is 10.9. The number of alkyl halides is 6. The Morgan fingerprint density at radius 1 is 1.21 bits per heavy atom. The van der Waals surface area contributed by atoms with Crippen LogP contribution in [-0.2, 0) is 20.4 Å². The van der Waals surface area contributed by atoms with E-state index in [2.05, 4.69) is 15.5 Å². The lowest BCUT2D eigenvalue weighted by molar-refractivity contribution is -0.174. The zero-order valence-corrected chi connectivity index (χ0v) is 20.9. The molecule has 0 unspecified atom stereocenters. The number of amides is 1. The first-order valence-corrected chi connectivity index (χ1v) is 12.8. The molecule has 1 N–H and O–H groups in total. The van der Waals surface area contributed by atoms with E-state index in [1.54, 1.807) is 12.0 Å². The van der Waals surface area contributed by atoms with Crippen LogP contribution in [0.15, 0.2) is 12.3 Å². The summed E-state index contributed by atoms with van der Waals surface area (Å²) in [4.78, 5) is 17.0. The molecule has 1 aromatic heterocycles. The van der Waals surface area contributed by atoms with Crippen LogP contribution in [0, 0.1) is 5.41 Å². The van der Waals surface area contributed by atoms with Gasteiger partial charge >= 0.3 is 12.4 Å². The molecule has 0 aromatic carbocycles. The Labute approximate surface area is 216 Å². The van der Waals surface area contributed by atoms with E-state index in [-0.39, 0.29) is 56.0 Å². The van der Waals surface area contributed by atoms with Crippen LogP contribution in [0.25, 0.3) is 0 Å². The molecule has 8 nitrogen and oxygen atoms in total. The van der Waals surface area contributed by atoms with Crippen molar-refractivity contribution < 1.29 is 40.6 Å². The van der Waals surface area contributed by atoms with Gasteiger partial charge in [0.1, 0.15) is 0 Å². The van der Waals surface area contributed by atoms with Crippen molar-refractivity contribution in [1.29, 1.82) is 0 Å². The fourth-order valence-corrected chi connectivity index (χ4v) is 6.67. The fourth-order valence-electron chi connectivity index (χ4n) is 6.67. The summed E-state index contributed by atoms with van der Waals surface area (Å²) in [6.45, 7) is 1.27. The van der Waals surface area contributed by atoms with Crippen LogP contribution in [0.2, 0.25) is 0 Å². The Bertz CT molecular complexity index is 1030. The number of likely N-dealkylation sites (tertiary alicyclic amines) is 1. The van der Waals surface area contributed by atoms with Crippen LogP contribution in [0.3, 0.4) is 0 Å². The highest BCUT2D eigenvalue weighted by molar-refractivity contribution is 5.84. The third-order valence-corrected chi connectivity index (χ3v) is 8.42. The summed E-state index contributed by atoms with van der Waals surface area (Å²) in [7, 11) is 1.57. The van der Waals surface area contributed by atoms with Gasteiger partial charge < -0.3 is 24.6 Å². The summed E-state index contributed by atoms with van der Waals surface area (Å²) in [6, 6.07) is -0.139. The van der Waals surface area contributed by atoms with Gasteiger partial charge in [-0.1, -0.05) is 0 Å². The fraction of sp³-hybridized carbons (Fsp3) is 0.792. The van der Waals surface area contributed by atoms with Gasteiger partial charge in [-0.05, 0) is 38.2 Å². The molecule has 0 radical (unpaired) electrons. The first-order valence-electron chi connectivity index (χ1n) is 12.8. The number of nitrogens with zero attached hydrogens (tertiary/aromatic N) is 4. The first kappa shape index (κ1) is 27.4. The second-order valence-corrected chi connectivity index (χ2v) is 10.9. The Balaban J connectivity index is 1.29. The topological polar surface area (TPSA) is 79.8 Å².